The van der Waals surface area contributed by atoms with Gasteiger partial charge in [0.05, 0.1) is 0 Å². The molecule has 0 amide bonds. The molecule has 0 saturated heterocycles. The van der Waals surface area contributed by atoms with E-state index in [0.717, 1.165) is 0 Å². The largest absolute Gasteiger partial charge is 0.378 e. The first-order valence-corrected chi connectivity index (χ1v) is 2.44. The zero-order chi connectivity index (χ0) is 5.11. The van der Waals surface area contributed by atoms with Crippen molar-refractivity contribution >= 4 is 11.3 Å². The second-order valence-corrected chi connectivity index (χ2v) is 1.62. The van der Waals surface area contributed by atoms with Crippen molar-refractivity contribution in [2.45, 2.75) is 0 Å². The smallest absolute Gasteiger partial charge is 0.313 e. The van der Waals surface area contributed by atoms with Crippen molar-refractivity contribution in [3.05, 3.63) is 5.51 Å². The minimum absolute atomic E-state index is 0.389. The molecular weight excluding hydrogens is 114 g/mol. The predicted molar refractivity (Wildman–Crippen MR) is 24.7 cm³/mol. The van der Waals surface area contributed by atoms with E-state index in [4.69, 9.17) is 5.90 Å². The average molecular weight is 117 g/mol. The molecule has 0 radical (unpaired) electrons. The molecule has 5 heteroatoms. The molecule has 1 aromatic heterocycles. The van der Waals surface area contributed by atoms with Gasteiger partial charge < -0.3 is 4.84 Å². The van der Waals surface area contributed by atoms with Gasteiger partial charge in [-0.15, -0.1) is 5.10 Å². The summed E-state index contributed by atoms with van der Waals surface area (Å²) in [6.07, 6.45) is 0. The van der Waals surface area contributed by atoms with Crippen LogP contribution in [-0.2, 0) is 0 Å². The number of aromatic nitrogens is 2. The van der Waals surface area contributed by atoms with Gasteiger partial charge in [0.15, 0.2) is 0 Å². The highest BCUT2D eigenvalue weighted by molar-refractivity contribution is 7.11. The Hall–Kier alpha value is -0.680. The lowest BCUT2D eigenvalue weighted by Crippen LogP contribution is -2.00. The van der Waals surface area contributed by atoms with Gasteiger partial charge in [-0.1, -0.05) is 16.4 Å². The fourth-order valence-corrected chi connectivity index (χ4v) is 0.549. The Kier molecular flexibility index (Phi) is 1.19. The van der Waals surface area contributed by atoms with Gasteiger partial charge in [0, 0.05) is 0 Å². The maximum Gasteiger partial charge on any atom is 0.313 e. The third-order valence-corrected chi connectivity index (χ3v) is 1.02. The van der Waals surface area contributed by atoms with Crippen LogP contribution in [0.5, 0.6) is 5.19 Å². The Labute approximate surface area is 43.9 Å². The molecule has 0 aromatic carbocycles. The third-order valence-electron chi connectivity index (χ3n) is 0.441. The van der Waals surface area contributed by atoms with Crippen LogP contribution in [0, 0.1) is 0 Å². The van der Waals surface area contributed by atoms with Gasteiger partial charge in [0.1, 0.15) is 5.51 Å². The van der Waals surface area contributed by atoms with Crippen molar-refractivity contribution in [1.82, 2.24) is 10.2 Å². The van der Waals surface area contributed by atoms with Crippen LogP contribution in [-0.4, -0.2) is 10.2 Å². The van der Waals surface area contributed by atoms with Gasteiger partial charge in [-0.2, -0.15) is 5.90 Å². The first kappa shape index (κ1) is 4.48. The summed E-state index contributed by atoms with van der Waals surface area (Å²) in [5.74, 6) is 4.70. The molecule has 0 aliphatic rings. The minimum atomic E-state index is 0.389. The average Bonchev–Trinajstić information content (AvgIpc) is 2.14. The Bertz CT molecular complexity index is 127. The van der Waals surface area contributed by atoms with Crippen LogP contribution in [0.2, 0.25) is 0 Å². The Morgan fingerprint density at radius 2 is 2.71 bits per heavy atom. The molecule has 0 aliphatic carbocycles. The van der Waals surface area contributed by atoms with Crippen LogP contribution in [0.25, 0.3) is 0 Å². The SMILES string of the molecule is NOc1nncs1. The first-order valence-electron chi connectivity index (χ1n) is 1.56. The molecule has 0 atom stereocenters. The molecule has 0 saturated carbocycles. The Morgan fingerprint density at radius 3 is 3.00 bits per heavy atom. The second kappa shape index (κ2) is 1.85. The predicted octanol–water partition coefficient (Wildman–Crippen LogP) is -0.209. The molecule has 7 heavy (non-hydrogen) atoms. The van der Waals surface area contributed by atoms with Crippen molar-refractivity contribution < 1.29 is 4.84 Å². The number of nitrogens with zero attached hydrogens (tertiary/aromatic N) is 2. The van der Waals surface area contributed by atoms with E-state index < -0.39 is 0 Å². The molecule has 0 fully saturated rings. The highest BCUT2D eigenvalue weighted by atomic mass is 32.1. The van der Waals surface area contributed by atoms with Crippen LogP contribution in [0.15, 0.2) is 5.51 Å². The fraction of sp³-hybridized carbons (Fsp3) is 0. The van der Waals surface area contributed by atoms with Crippen molar-refractivity contribution in [3.63, 3.8) is 0 Å². The van der Waals surface area contributed by atoms with E-state index in [2.05, 4.69) is 15.0 Å². The van der Waals surface area contributed by atoms with Crippen molar-refractivity contribution in [3.8, 4) is 5.19 Å². The lowest BCUT2D eigenvalue weighted by atomic mass is 11.4. The van der Waals surface area contributed by atoms with E-state index in [1.807, 2.05) is 0 Å². The highest BCUT2D eigenvalue weighted by Crippen LogP contribution is 2.07. The summed E-state index contributed by atoms with van der Waals surface area (Å²) in [6, 6.07) is 0. The zero-order valence-corrected chi connectivity index (χ0v) is 4.18. The summed E-state index contributed by atoms with van der Waals surface area (Å²) in [7, 11) is 0. The van der Waals surface area contributed by atoms with Gasteiger partial charge in [-0.3, -0.25) is 0 Å². The monoisotopic (exact) mass is 117 g/mol. The minimum Gasteiger partial charge on any atom is -0.378 e. The molecule has 0 spiro atoms. The molecule has 1 aromatic rings. The topological polar surface area (TPSA) is 61.0 Å². The molecule has 0 unspecified atom stereocenters. The van der Waals surface area contributed by atoms with Crippen LogP contribution in [0.1, 0.15) is 0 Å². The van der Waals surface area contributed by atoms with E-state index in [9.17, 15) is 0 Å². The second-order valence-electron chi connectivity index (χ2n) is 0.822. The standard InChI is InChI=1S/C2H3N3OS/c3-6-2-5-4-1-7-2/h1H,3H2. The van der Waals surface area contributed by atoms with Crippen LogP contribution in [0.3, 0.4) is 0 Å². The first-order chi connectivity index (χ1) is 3.43. The van der Waals surface area contributed by atoms with Gasteiger partial charge in [0.2, 0.25) is 0 Å². The van der Waals surface area contributed by atoms with E-state index in [0.29, 0.717) is 5.19 Å². The number of nitrogens with two attached hydrogens (primary N) is 1. The lowest BCUT2D eigenvalue weighted by Gasteiger charge is -1.81. The van der Waals surface area contributed by atoms with Crippen molar-refractivity contribution in [2.24, 2.45) is 5.90 Å². The maximum absolute atomic E-state index is 4.70. The summed E-state index contributed by atoms with van der Waals surface area (Å²) >= 11 is 1.25. The molecule has 0 aliphatic heterocycles. The van der Waals surface area contributed by atoms with Gasteiger partial charge in [0.25, 0.3) is 0 Å². The summed E-state index contributed by atoms with van der Waals surface area (Å²) in [6.45, 7) is 0. The van der Waals surface area contributed by atoms with E-state index in [1.165, 1.54) is 11.3 Å². The van der Waals surface area contributed by atoms with Crippen LogP contribution in [0.4, 0.5) is 0 Å². The molecule has 0 bridgehead atoms. The zero-order valence-electron chi connectivity index (χ0n) is 3.37. The molecule has 2 N–H and O–H groups in total. The summed E-state index contributed by atoms with van der Waals surface area (Å²) in [4.78, 5) is 4.20. The molecule has 4 nitrogen and oxygen atoms in total. The Balaban J connectivity index is 2.76. The summed E-state index contributed by atoms with van der Waals surface area (Å²) < 4.78 is 0. The van der Waals surface area contributed by atoms with E-state index >= 15 is 0 Å². The Morgan fingerprint density at radius 1 is 1.86 bits per heavy atom. The highest BCUT2D eigenvalue weighted by Gasteiger charge is 1.88. The lowest BCUT2D eigenvalue weighted by molar-refractivity contribution is 0.329. The molecule has 1 heterocycles. The molecular formula is C2H3N3OS. The third kappa shape index (κ3) is 0.847. The quantitative estimate of drug-likeness (QED) is 0.517. The molecule has 38 valence electrons. The van der Waals surface area contributed by atoms with Crippen molar-refractivity contribution in [1.29, 1.82) is 0 Å². The van der Waals surface area contributed by atoms with E-state index in [1.54, 1.807) is 5.51 Å². The number of rotatable bonds is 1. The number of hydrogen-bond donors (Lipinski definition) is 1. The van der Waals surface area contributed by atoms with Crippen LogP contribution >= 0.6 is 11.3 Å². The maximum atomic E-state index is 4.70. The van der Waals surface area contributed by atoms with Gasteiger partial charge in [-0.25, -0.2) is 0 Å². The van der Waals surface area contributed by atoms with Crippen LogP contribution < -0.4 is 10.7 Å². The van der Waals surface area contributed by atoms with E-state index in [-0.39, 0.29) is 0 Å². The van der Waals surface area contributed by atoms with Gasteiger partial charge in [-0.05, 0) is 0 Å². The summed E-state index contributed by atoms with van der Waals surface area (Å²) in [5, 5.41) is 7.30. The van der Waals surface area contributed by atoms with Gasteiger partial charge >= 0.3 is 5.19 Å². The summed E-state index contributed by atoms with van der Waals surface area (Å²) in [5.41, 5.74) is 1.54. The fourth-order valence-electron chi connectivity index (χ4n) is 0.214. The molecule has 1 rings (SSSR count). The normalized spacial score (nSPS) is 8.71. The van der Waals surface area contributed by atoms with Crippen molar-refractivity contribution in [2.75, 3.05) is 0 Å². The number of hydrogen-bond acceptors (Lipinski definition) is 5.